The van der Waals surface area contributed by atoms with Crippen LogP contribution in [0.2, 0.25) is 0 Å². The molecule has 2 atom stereocenters. The molecule has 3 heterocycles. The largest absolute Gasteiger partial charge is 0.379 e. The molecular weight excluding hydrogens is 452 g/mol. The summed E-state index contributed by atoms with van der Waals surface area (Å²) < 4.78 is 0. The highest BCUT2D eigenvalue weighted by atomic mass is 15.2. The van der Waals surface area contributed by atoms with Crippen molar-refractivity contribution in [1.82, 2.24) is 15.5 Å². The number of rotatable bonds is 7. The summed E-state index contributed by atoms with van der Waals surface area (Å²) in [5.74, 6) is 0. The molecule has 3 aliphatic heterocycles. The van der Waals surface area contributed by atoms with E-state index in [-0.39, 0.29) is 12.1 Å². The Labute approximate surface area is 222 Å². The maximum Gasteiger partial charge on any atom is 0.0996 e. The highest BCUT2D eigenvalue weighted by molar-refractivity contribution is 6.05. The summed E-state index contributed by atoms with van der Waals surface area (Å²) in [4.78, 5) is 7.55. The lowest BCUT2D eigenvalue weighted by Crippen LogP contribution is -2.50. The average molecular weight is 493 g/mol. The van der Waals surface area contributed by atoms with E-state index in [4.69, 9.17) is 4.99 Å². The van der Waals surface area contributed by atoms with Crippen molar-refractivity contribution in [3.63, 3.8) is 0 Å². The molecule has 0 saturated carbocycles. The summed E-state index contributed by atoms with van der Waals surface area (Å²) in [6.07, 6.45) is 12.0. The molecule has 3 aliphatic rings. The van der Waals surface area contributed by atoms with Crippen molar-refractivity contribution in [2.75, 3.05) is 19.6 Å². The number of hydrogen-bond acceptors (Lipinski definition) is 4. The molecule has 4 heteroatoms. The van der Waals surface area contributed by atoms with Gasteiger partial charge < -0.3 is 15.5 Å². The van der Waals surface area contributed by atoms with Gasteiger partial charge in [-0.1, -0.05) is 42.0 Å². The lowest BCUT2D eigenvalue weighted by Gasteiger charge is -2.35. The summed E-state index contributed by atoms with van der Waals surface area (Å²) >= 11 is 0. The fourth-order valence-electron chi connectivity index (χ4n) is 6.07. The lowest BCUT2D eigenvalue weighted by atomic mass is 9.85. The smallest absolute Gasteiger partial charge is 0.0996 e. The first-order valence-corrected chi connectivity index (χ1v) is 13.5. The molecule has 0 spiro atoms. The first-order chi connectivity index (χ1) is 17.8. The first-order valence-electron chi connectivity index (χ1n) is 13.5. The van der Waals surface area contributed by atoms with Gasteiger partial charge in [0.1, 0.15) is 0 Å². The van der Waals surface area contributed by atoms with Crippen molar-refractivity contribution in [3.8, 4) is 0 Å². The van der Waals surface area contributed by atoms with Crippen molar-refractivity contribution < 1.29 is 0 Å². The Morgan fingerprint density at radius 3 is 2.43 bits per heavy atom. The van der Waals surface area contributed by atoms with Crippen LogP contribution in [0.15, 0.2) is 77.2 Å². The van der Waals surface area contributed by atoms with E-state index in [0.717, 1.165) is 31.8 Å². The second kappa shape index (κ2) is 10.5. The van der Waals surface area contributed by atoms with Crippen molar-refractivity contribution in [2.24, 2.45) is 4.99 Å². The van der Waals surface area contributed by atoms with E-state index in [1.54, 1.807) is 0 Å². The normalized spacial score (nSPS) is 21.3. The summed E-state index contributed by atoms with van der Waals surface area (Å²) in [5.41, 5.74) is 14.5. The zero-order valence-electron chi connectivity index (χ0n) is 23.2. The van der Waals surface area contributed by atoms with E-state index in [0.29, 0.717) is 0 Å². The number of fused-ring (bicyclic) bond motifs is 3. The number of aliphatic imine (C=N–C) groups is 1. The molecule has 0 aromatic heterocycles. The molecule has 0 saturated heterocycles. The van der Waals surface area contributed by atoms with Gasteiger partial charge in [-0.3, -0.25) is 4.99 Å². The van der Waals surface area contributed by atoms with E-state index in [9.17, 15) is 0 Å². The lowest BCUT2D eigenvalue weighted by molar-refractivity contribution is 0.409. The summed E-state index contributed by atoms with van der Waals surface area (Å²) in [6.45, 7) is 15.8. The highest BCUT2D eigenvalue weighted by Gasteiger charge is 2.44. The van der Waals surface area contributed by atoms with Crippen LogP contribution in [0.3, 0.4) is 0 Å². The van der Waals surface area contributed by atoms with Crippen molar-refractivity contribution in [1.29, 1.82) is 0 Å². The molecule has 2 aromatic rings. The van der Waals surface area contributed by atoms with Gasteiger partial charge in [-0.05, 0) is 106 Å². The average Bonchev–Trinajstić information content (AvgIpc) is 3.17. The van der Waals surface area contributed by atoms with Crippen LogP contribution in [0.25, 0.3) is 5.57 Å². The minimum Gasteiger partial charge on any atom is -0.379 e. The number of hydrogen-bond donors (Lipinski definition) is 2. The fourth-order valence-corrected chi connectivity index (χ4v) is 6.07. The summed E-state index contributed by atoms with van der Waals surface area (Å²) in [7, 11) is 0. The maximum absolute atomic E-state index is 5.14. The van der Waals surface area contributed by atoms with Crippen molar-refractivity contribution >= 4 is 11.3 Å². The van der Waals surface area contributed by atoms with E-state index in [1.165, 1.54) is 55.9 Å². The first kappa shape index (κ1) is 25.3. The van der Waals surface area contributed by atoms with Gasteiger partial charge in [-0.2, -0.15) is 0 Å². The molecule has 5 rings (SSSR count). The predicted molar refractivity (Wildman–Crippen MR) is 157 cm³/mol. The van der Waals surface area contributed by atoms with Gasteiger partial charge in [0.05, 0.1) is 24.3 Å². The minimum absolute atomic E-state index is 0.158. The monoisotopic (exact) mass is 492 g/mol. The second-order valence-corrected chi connectivity index (χ2v) is 10.8. The summed E-state index contributed by atoms with van der Waals surface area (Å²) in [5, 5.41) is 7.41. The quantitative estimate of drug-likeness (QED) is 0.476. The van der Waals surface area contributed by atoms with Gasteiger partial charge in [0.2, 0.25) is 0 Å². The Morgan fingerprint density at radius 1 is 0.892 bits per heavy atom. The number of nitrogens with one attached hydrogen (secondary N) is 2. The number of aryl methyl sites for hydroxylation is 5. The minimum atomic E-state index is 0.158. The molecule has 0 fully saturated rings. The fraction of sp³-hybridized carbons (Fsp3) is 0.364. The van der Waals surface area contributed by atoms with Crippen LogP contribution in [0.4, 0.5) is 0 Å². The van der Waals surface area contributed by atoms with Gasteiger partial charge in [-0.25, -0.2) is 0 Å². The van der Waals surface area contributed by atoms with Gasteiger partial charge in [-0.15, -0.1) is 0 Å². The van der Waals surface area contributed by atoms with Crippen LogP contribution in [0.1, 0.15) is 45.9 Å². The Hall–Kier alpha value is -3.37. The molecular formula is C33H40N4. The van der Waals surface area contributed by atoms with Gasteiger partial charge >= 0.3 is 0 Å². The van der Waals surface area contributed by atoms with Crippen LogP contribution < -0.4 is 10.6 Å². The SMILES string of the molecule is CC1=CC(=NCCNCCc2ccc(C)c(C)c2)C2C(N1)C(c1c(C)cc(C)cc1C)=C1C=CC=CN12. The van der Waals surface area contributed by atoms with E-state index < -0.39 is 0 Å². The van der Waals surface area contributed by atoms with Crippen molar-refractivity contribution in [2.45, 2.75) is 60.0 Å². The number of benzene rings is 2. The zero-order chi connectivity index (χ0) is 26.1. The van der Waals surface area contributed by atoms with E-state index >= 15 is 0 Å². The topological polar surface area (TPSA) is 39.7 Å². The molecule has 192 valence electrons. The van der Waals surface area contributed by atoms with Gasteiger partial charge in [0.25, 0.3) is 0 Å². The highest BCUT2D eigenvalue weighted by Crippen LogP contribution is 2.43. The van der Waals surface area contributed by atoms with Crippen molar-refractivity contribution in [3.05, 3.63) is 111 Å². The van der Waals surface area contributed by atoms with Crippen LogP contribution >= 0.6 is 0 Å². The molecule has 0 aliphatic carbocycles. The zero-order valence-corrected chi connectivity index (χ0v) is 23.2. The van der Waals surface area contributed by atoms with Gasteiger partial charge in [0.15, 0.2) is 0 Å². The molecule has 0 radical (unpaired) electrons. The van der Waals surface area contributed by atoms with Gasteiger partial charge in [0, 0.05) is 29.7 Å². The summed E-state index contributed by atoms with van der Waals surface area (Å²) in [6, 6.07) is 11.7. The number of nitrogens with zero attached hydrogens (tertiary/aromatic N) is 2. The Morgan fingerprint density at radius 2 is 1.68 bits per heavy atom. The standard InChI is InChI=1S/C33H40N4/c1-21-17-24(4)30(25(5)18-21)31-29-9-7-8-16-37(29)33-28(20-26(6)36-32(31)33)35-15-14-34-13-12-27-11-10-22(2)23(3)19-27/h7-11,16-20,32-34,36H,12-15H2,1-6H3. The van der Waals surface area contributed by atoms with Crippen LogP contribution in [-0.2, 0) is 6.42 Å². The molecule has 0 bridgehead atoms. The predicted octanol–water partition coefficient (Wildman–Crippen LogP) is 5.86. The Balaban J connectivity index is 1.33. The van der Waals surface area contributed by atoms with Crippen LogP contribution in [0, 0.1) is 34.6 Å². The third-order valence-corrected chi connectivity index (χ3v) is 7.83. The van der Waals surface area contributed by atoms with E-state index in [2.05, 4.69) is 118 Å². The van der Waals surface area contributed by atoms with Crippen LogP contribution in [-0.4, -0.2) is 42.3 Å². The molecule has 2 unspecified atom stereocenters. The van der Waals surface area contributed by atoms with Crippen LogP contribution in [0.5, 0.6) is 0 Å². The number of allylic oxidation sites excluding steroid dienone is 4. The molecule has 2 N–H and O–H groups in total. The molecule has 2 aromatic carbocycles. The van der Waals surface area contributed by atoms with E-state index in [1.807, 2.05) is 0 Å². The molecule has 0 amide bonds. The molecule has 4 nitrogen and oxygen atoms in total. The Bertz CT molecular complexity index is 1330. The third kappa shape index (κ3) is 5.08. The third-order valence-electron chi connectivity index (χ3n) is 7.83. The molecule has 37 heavy (non-hydrogen) atoms. The Kier molecular flexibility index (Phi) is 7.21. The maximum atomic E-state index is 5.14. The second-order valence-electron chi connectivity index (χ2n) is 10.8.